The molecule has 164 valence electrons. The van der Waals surface area contributed by atoms with Crippen molar-refractivity contribution in [2.24, 2.45) is 0 Å². The maximum absolute atomic E-state index is 13.4. The molecule has 1 atom stereocenters. The third-order valence-corrected chi connectivity index (χ3v) is 5.95. The smallest absolute Gasteiger partial charge is 0.295 e. The number of aliphatic hydroxyl groups excluding tert-OH is 1. The number of fused-ring (bicyclic) bond motifs is 1. The molecule has 1 aliphatic rings. The van der Waals surface area contributed by atoms with Gasteiger partial charge in [0.1, 0.15) is 11.6 Å². The fraction of sp³-hybridized carbons (Fsp3) is 0.115. The van der Waals surface area contributed by atoms with E-state index in [1.54, 1.807) is 24.5 Å². The number of rotatable bonds is 5. The van der Waals surface area contributed by atoms with Crippen molar-refractivity contribution in [1.82, 2.24) is 14.9 Å². The van der Waals surface area contributed by atoms with E-state index in [4.69, 9.17) is 0 Å². The van der Waals surface area contributed by atoms with Crippen molar-refractivity contribution in [1.29, 1.82) is 0 Å². The van der Waals surface area contributed by atoms with Crippen LogP contribution < -0.4 is 0 Å². The molecule has 1 amide bonds. The summed E-state index contributed by atoms with van der Waals surface area (Å²) in [5, 5.41) is 12.0. The van der Waals surface area contributed by atoms with E-state index in [1.807, 2.05) is 30.5 Å². The van der Waals surface area contributed by atoms with Crippen LogP contribution in [0.5, 0.6) is 0 Å². The van der Waals surface area contributed by atoms with E-state index in [9.17, 15) is 19.1 Å². The van der Waals surface area contributed by atoms with Crippen LogP contribution in [-0.4, -0.2) is 38.2 Å². The van der Waals surface area contributed by atoms with Crippen molar-refractivity contribution in [2.75, 3.05) is 6.54 Å². The standard InChI is InChI=1S/C26H20FN3O3/c27-19-9-7-16(8-10-19)24(31)22-23(18-4-3-12-28-14-18)30(26(33)25(22)32)13-11-17-15-29-21-6-2-1-5-20(17)21/h1-10,12,14-15,23,29,31H,11,13H2/t23-/m0/s1. The number of benzene rings is 2. The summed E-state index contributed by atoms with van der Waals surface area (Å²) in [5.41, 5.74) is 2.86. The summed E-state index contributed by atoms with van der Waals surface area (Å²) in [6.45, 7) is 0.270. The fourth-order valence-electron chi connectivity index (χ4n) is 4.34. The summed E-state index contributed by atoms with van der Waals surface area (Å²) in [4.78, 5) is 34.9. The minimum absolute atomic E-state index is 0.0291. The number of para-hydroxylation sites is 1. The normalized spacial score (nSPS) is 17.7. The third kappa shape index (κ3) is 3.67. The number of H-pyrrole nitrogens is 1. The summed E-state index contributed by atoms with van der Waals surface area (Å²) in [5.74, 6) is -2.26. The number of pyridine rings is 1. The van der Waals surface area contributed by atoms with Crippen LogP contribution in [0.3, 0.4) is 0 Å². The Bertz CT molecular complexity index is 1380. The number of likely N-dealkylation sites (tertiary alicyclic amines) is 1. The zero-order valence-electron chi connectivity index (χ0n) is 17.5. The summed E-state index contributed by atoms with van der Waals surface area (Å²) in [6.07, 6.45) is 5.60. The Balaban J connectivity index is 1.55. The van der Waals surface area contributed by atoms with Gasteiger partial charge in [0, 0.05) is 41.6 Å². The molecule has 0 unspecified atom stereocenters. The zero-order chi connectivity index (χ0) is 22.9. The number of aromatic nitrogens is 2. The number of amides is 1. The van der Waals surface area contributed by atoms with Crippen molar-refractivity contribution < 1.29 is 19.1 Å². The molecule has 6 nitrogen and oxygen atoms in total. The van der Waals surface area contributed by atoms with Crippen LogP contribution in [0.2, 0.25) is 0 Å². The topological polar surface area (TPSA) is 86.3 Å². The highest BCUT2D eigenvalue weighted by Gasteiger charge is 2.46. The first-order valence-corrected chi connectivity index (χ1v) is 10.5. The van der Waals surface area contributed by atoms with E-state index in [-0.39, 0.29) is 23.4 Å². The number of aliphatic hydroxyl groups is 1. The predicted molar refractivity (Wildman–Crippen MR) is 122 cm³/mol. The van der Waals surface area contributed by atoms with Crippen molar-refractivity contribution in [2.45, 2.75) is 12.5 Å². The van der Waals surface area contributed by atoms with Crippen LogP contribution in [0.1, 0.15) is 22.7 Å². The van der Waals surface area contributed by atoms with Gasteiger partial charge in [0.25, 0.3) is 11.7 Å². The zero-order valence-corrected chi connectivity index (χ0v) is 17.5. The van der Waals surface area contributed by atoms with E-state index in [2.05, 4.69) is 9.97 Å². The lowest BCUT2D eigenvalue weighted by Crippen LogP contribution is -2.31. The van der Waals surface area contributed by atoms with Crippen molar-refractivity contribution in [3.8, 4) is 0 Å². The Morgan fingerprint density at radius 2 is 1.85 bits per heavy atom. The number of nitrogens with one attached hydrogen (secondary N) is 1. The first-order valence-electron chi connectivity index (χ1n) is 10.5. The van der Waals surface area contributed by atoms with Gasteiger partial charge in [-0.25, -0.2) is 4.39 Å². The summed E-state index contributed by atoms with van der Waals surface area (Å²) < 4.78 is 13.4. The summed E-state index contributed by atoms with van der Waals surface area (Å²) >= 11 is 0. The molecule has 1 fully saturated rings. The first kappa shape index (κ1) is 20.6. The van der Waals surface area contributed by atoms with Gasteiger partial charge >= 0.3 is 0 Å². The Hall–Kier alpha value is -4.26. The van der Waals surface area contributed by atoms with Crippen LogP contribution in [0.4, 0.5) is 4.39 Å². The molecule has 4 aromatic rings. The van der Waals surface area contributed by atoms with Crippen molar-refractivity contribution in [3.63, 3.8) is 0 Å². The Kier molecular flexibility index (Phi) is 5.22. The molecule has 0 aliphatic carbocycles. The van der Waals surface area contributed by atoms with Gasteiger partial charge in [-0.1, -0.05) is 24.3 Å². The molecule has 2 aromatic carbocycles. The van der Waals surface area contributed by atoms with E-state index in [0.717, 1.165) is 16.5 Å². The molecule has 33 heavy (non-hydrogen) atoms. The number of Topliss-reactive ketones (excluding diaryl/α,β-unsaturated/α-hetero) is 1. The molecule has 2 N–H and O–H groups in total. The molecule has 0 saturated carbocycles. The van der Waals surface area contributed by atoms with Crippen LogP contribution in [-0.2, 0) is 16.0 Å². The van der Waals surface area contributed by atoms with Gasteiger partial charge in [-0.15, -0.1) is 0 Å². The van der Waals surface area contributed by atoms with Crippen LogP contribution in [0.25, 0.3) is 16.7 Å². The van der Waals surface area contributed by atoms with Crippen molar-refractivity contribution >= 4 is 28.4 Å². The average Bonchev–Trinajstić information content (AvgIpc) is 3.37. The highest BCUT2D eigenvalue weighted by Crippen LogP contribution is 2.39. The molecule has 7 heteroatoms. The number of carbonyl (C=O) groups is 2. The molecule has 0 bridgehead atoms. The van der Waals surface area contributed by atoms with E-state index < -0.39 is 23.5 Å². The number of hydrogen-bond acceptors (Lipinski definition) is 4. The van der Waals surface area contributed by atoms with Gasteiger partial charge in [0.2, 0.25) is 0 Å². The van der Waals surface area contributed by atoms with Crippen molar-refractivity contribution in [3.05, 3.63) is 107 Å². The first-order chi connectivity index (χ1) is 16.0. The number of halogens is 1. The van der Waals surface area contributed by atoms with Gasteiger partial charge in [-0.3, -0.25) is 14.6 Å². The number of hydrogen-bond donors (Lipinski definition) is 2. The van der Waals surface area contributed by atoms with Crippen LogP contribution >= 0.6 is 0 Å². The highest BCUT2D eigenvalue weighted by atomic mass is 19.1. The van der Waals surface area contributed by atoms with Gasteiger partial charge in [0.05, 0.1) is 11.6 Å². The molecule has 0 spiro atoms. The van der Waals surface area contributed by atoms with E-state index in [0.29, 0.717) is 12.0 Å². The number of nitrogens with zero attached hydrogens (tertiary/aromatic N) is 2. The number of aromatic amines is 1. The second-order valence-electron chi connectivity index (χ2n) is 7.90. The number of carbonyl (C=O) groups excluding carboxylic acids is 2. The molecule has 1 saturated heterocycles. The average molecular weight is 441 g/mol. The molecule has 3 heterocycles. The lowest BCUT2D eigenvalue weighted by molar-refractivity contribution is -0.139. The summed E-state index contributed by atoms with van der Waals surface area (Å²) in [6, 6.07) is 15.7. The Morgan fingerprint density at radius 3 is 2.61 bits per heavy atom. The van der Waals surface area contributed by atoms with Crippen LogP contribution in [0.15, 0.2) is 84.8 Å². The van der Waals surface area contributed by atoms with Gasteiger partial charge in [-0.05, 0) is 53.9 Å². The predicted octanol–water partition coefficient (Wildman–Crippen LogP) is 4.37. The molecule has 0 radical (unpaired) electrons. The minimum Gasteiger partial charge on any atom is -0.507 e. The monoisotopic (exact) mass is 441 g/mol. The second kappa shape index (κ2) is 8.35. The highest BCUT2D eigenvalue weighted by molar-refractivity contribution is 6.46. The third-order valence-electron chi connectivity index (χ3n) is 5.95. The summed E-state index contributed by atoms with van der Waals surface area (Å²) in [7, 11) is 0. The van der Waals surface area contributed by atoms with E-state index in [1.165, 1.54) is 29.2 Å². The second-order valence-corrected chi connectivity index (χ2v) is 7.90. The molecular weight excluding hydrogens is 421 g/mol. The maximum atomic E-state index is 13.4. The van der Waals surface area contributed by atoms with Gasteiger partial charge in [0.15, 0.2) is 0 Å². The molecule has 2 aromatic heterocycles. The fourth-order valence-corrected chi connectivity index (χ4v) is 4.34. The lowest BCUT2D eigenvalue weighted by atomic mass is 9.96. The van der Waals surface area contributed by atoms with E-state index >= 15 is 0 Å². The van der Waals surface area contributed by atoms with Gasteiger partial charge in [-0.2, -0.15) is 0 Å². The quantitative estimate of drug-likeness (QED) is 0.274. The van der Waals surface area contributed by atoms with Crippen LogP contribution in [0, 0.1) is 5.82 Å². The van der Waals surface area contributed by atoms with Gasteiger partial charge < -0.3 is 15.0 Å². The molecular formula is C26H20FN3O3. The Labute approximate surface area is 189 Å². The largest absolute Gasteiger partial charge is 0.507 e. The molecule has 1 aliphatic heterocycles. The number of ketones is 1. The maximum Gasteiger partial charge on any atom is 0.295 e. The Morgan fingerprint density at radius 1 is 1.06 bits per heavy atom. The molecule has 5 rings (SSSR count). The minimum atomic E-state index is -0.797. The SMILES string of the molecule is O=C1C(=O)N(CCc2c[nH]c3ccccc23)[C@@H](c2cccnc2)C1=C(O)c1ccc(F)cc1. The lowest BCUT2D eigenvalue weighted by Gasteiger charge is -2.25.